The molecule has 45 heavy (non-hydrogen) atoms. The number of nitrogens with one attached hydrogen (secondary N) is 1. The number of fused-ring (bicyclic) bond motifs is 4. The third-order valence-electron chi connectivity index (χ3n) is 8.77. The van der Waals surface area contributed by atoms with Gasteiger partial charge in [0, 0.05) is 76.9 Å². The smallest absolute Gasteiger partial charge is 0.270 e. The molecule has 0 radical (unpaired) electrons. The molecule has 7 heteroatoms. The zero-order valence-corrected chi connectivity index (χ0v) is 25.7. The fourth-order valence-corrected chi connectivity index (χ4v) is 7.47. The highest BCUT2D eigenvalue weighted by molar-refractivity contribution is 7.25. The Labute approximate surface area is 266 Å². The molecule has 1 aliphatic heterocycles. The monoisotopic (exact) mass is 607 g/mol. The lowest BCUT2D eigenvalue weighted by molar-refractivity contribution is 0.0945. The topological polar surface area (TPSA) is 52.9 Å². The quantitative estimate of drug-likeness (QED) is 0.203. The number of hydrogen-bond acceptors (Lipinski definition) is 5. The fraction of sp³-hybridized carbons (Fsp3) is 0.158. The van der Waals surface area contributed by atoms with Crippen LogP contribution in [0, 0.1) is 0 Å². The first-order valence-electron chi connectivity index (χ1n) is 15.5. The largest absolute Gasteiger partial charge is 0.369 e. The van der Waals surface area contributed by atoms with Gasteiger partial charge in [0.15, 0.2) is 0 Å². The third-order valence-corrected chi connectivity index (χ3v) is 9.92. The van der Waals surface area contributed by atoms with Crippen molar-refractivity contribution >= 4 is 48.8 Å². The molecule has 8 rings (SSSR count). The predicted molar refractivity (Wildman–Crippen MR) is 185 cm³/mol. The molecule has 0 unspecified atom stereocenters. The van der Waals surface area contributed by atoms with Gasteiger partial charge in [-0.3, -0.25) is 14.1 Å². The first-order valence-corrected chi connectivity index (χ1v) is 16.3. The van der Waals surface area contributed by atoms with Crippen molar-refractivity contribution in [1.29, 1.82) is 0 Å². The first kappa shape index (κ1) is 27.6. The lowest BCUT2D eigenvalue weighted by atomic mass is 10.1. The summed E-state index contributed by atoms with van der Waals surface area (Å²) in [6.45, 7) is 5.55. The number of nitrogens with zero attached hydrogens (tertiary/aromatic N) is 4. The minimum absolute atomic E-state index is 0.141. The number of carbonyl (C=O) groups excluding carboxylic acids is 1. The average molecular weight is 608 g/mol. The molecule has 4 heterocycles. The van der Waals surface area contributed by atoms with Crippen molar-refractivity contribution in [3.8, 4) is 11.3 Å². The fourth-order valence-electron chi connectivity index (χ4n) is 6.38. The maximum absolute atomic E-state index is 13.8. The van der Waals surface area contributed by atoms with Gasteiger partial charge in [-0.25, -0.2) is 4.98 Å². The molecule has 1 N–H and O–H groups in total. The van der Waals surface area contributed by atoms with Crippen LogP contribution in [-0.2, 0) is 13.1 Å². The molecule has 7 aromatic rings. The Kier molecular flexibility index (Phi) is 7.25. The predicted octanol–water partition coefficient (Wildman–Crippen LogP) is 7.62. The number of anilines is 1. The highest BCUT2D eigenvalue weighted by Crippen LogP contribution is 2.37. The Hall–Kier alpha value is -4.98. The Balaban J connectivity index is 0.978. The van der Waals surface area contributed by atoms with E-state index in [0.717, 1.165) is 49.5 Å². The van der Waals surface area contributed by atoms with E-state index in [1.807, 2.05) is 28.8 Å². The van der Waals surface area contributed by atoms with Crippen LogP contribution in [-0.4, -0.2) is 46.4 Å². The molecule has 0 bridgehead atoms. The van der Waals surface area contributed by atoms with Crippen LogP contribution in [0.2, 0.25) is 0 Å². The Morgan fingerprint density at radius 3 is 2.33 bits per heavy atom. The van der Waals surface area contributed by atoms with Crippen molar-refractivity contribution in [3.63, 3.8) is 0 Å². The van der Waals surface area contributed by atoms with Crippen molar-refractivity contribution in [3.05, 3.63) is 138 Å². The summed E-state index contributed by atoms with van der Waals surface area (Å²) in [6.07, 6.45) is 1.91. The van der Waals surface area contributed by atoms with Gasteiger partial charge in [-0.05, 0) is 53.6 Å². The number of thiophene rings is 1. The van der Waals surface area contributed by atoms with Gasteiger partial charge in [-0.1, -0.05) is 72.8 Å². The van der Waals surface area contributed by atoms with Gasteiger partial charge >= 0.3 is 0 Å². The number of piperazine rings is 1. The van der Waals surface area contributed by atoms with Crippen LogP contribution in [0.4, 0.5) is 5.69 Å². The normalized spacial score (nSPS) is 14.0. The number of aromatic nitrogens is 2. The number of imidazole rings is 1. The number of carbonyl (C=O) groups is 1. The molecular formula is C38H33N5OS. The van der Waals surface area contributed by atoms with Crippen molar-refractivity contribution in [2.24, 2.45) is 0 Å². The Morgan fingerprint density at radius 1 is 0.733 bits per heavy atom. The number of hydrogen-bond donors (Lipinski definition) is 1. The van der Waals surface area contributed by atoms with Gasteiger partial charge in [0.05, 0.1) is 0 Å². The number of pyridine rings is 1. The molecule has 0 saturated carbocycles. The standard InChI is InChI=1S/C38H33N5OS/c44-38(39-25-27-13-16-30(17-14-27)42-22-20-41(21-23-42)26-28-8-2-1-3-9-28)37-36(40-35-12-6-7-19-43(35)37)29-15-18-34-32(24-29)31-10-4-5-11-33(31)45-34/h1-19,24H,20-23,25-26H2,(H,39,44). The lowest BCUT2D eigenvalue weighted by Crippen LogP contribution is -2.45. The summed E-state index contributed by atoms with van der Waals surface area (Å²) in [5.41, 5.74) is 6.59. The molecular weight excluding hydrogens is 575 g/mol. The Bertz CT molecular complexity index is 2130. The van der Waals surface area contributed by atoms with Crippen LogP contribution in [0.25, 0.3) is 37.1 Å². The van der Waals surface area contributed by atoms with E-state index in [-0.39, 0.29) is 5.91 Å². The van der Waals surface area contributed by atoms with E-state index < -0.39 is 0 Å². The maximum Gasteiger partial charge on any atom is 0.270 e. The van der Waals surface area contributed by atoms with E-state index in [0.29, 0.717) is 17.9 Å². The van der Waals surface area contributed by atoms with E-state index in [2.05, 4.69) is 112 Å². The third kappa shape index (κ3) is 5.45. The zero-order chi connectivity index (χ0) is 30.2. The highest BCUT2D eigenvalue weighted by Gasteiger charge is 2.22. The second kappa shape index (κ2) is 11.8. The SMILES string of the molecule is O=C(NCc1ccc(N2CCN(Cc3ccccc3)CC2)cc1)c1c(-c2ccc3sc4ccccc4c3c2)nc2ccccn12. The van der Waals surface area contributed by atoms with Gasteiger partial charge < -0.3 is 10.2 Å². The highest BCUT2D eigenvalue weighted by atomic mass is 32.1. The van der Waals surface area contributed by atoms with Crippen molar-refractivity contribution in [1.82, 2.24) is 19.6 Å². The molecule has 0 atom stereocenters. The summed E-state index contributed by atoms with van der Waals surface area (Å²) in [5, 5.41) is 5.59. The van der Waals surface area contributed by atoms with Crippen LogP contribution in [0.3, 0.4) is 0 Å². The van der Waals surface area contributed by atoms with E-state index in [1.165, 1.54) is 31.4 Å². The Morgan fingerprint density at radius 2 is 1.49 bits per heavy atom. The molecule has 1 amide bonds. The van der Waals surface area contributed by atoms with Crippen molar-refractivity contribution in [2.45, 2.75) is 13.1 Å². The summed E-state index contributed by atoms with van der Waals surface area (Å²) < 4.78 is 4.38. The molecule has 0 spiro atoms. The van der Waals surface area contributed by atoms with E-state index in [4.69, 9.17) is 4.98 Å². The average Bonchev–Trinajstić information content (AvgIpc) is 3.67. The molecule has 0 aliphatic carbocycles. The van der Waals surface area contributed by atoms with Gasteiger partial charge in [0.1, 0.15) is 17.0 Å². The lowest BCUT2D eigenvalue weighted by Gasteiger charge is -2.36. The maximum atomic E-state index is 13.8. The van der Waals surface area contributed by atoms with Gasteiger partial charge in [0.2, 0.25) is 0 Å². The van der Waals surface area contributed by atoms with E-state index in [1.54, 1.807) is 11.3 Å². The van der Waals surface area contributed by atoms with Crippen LogP contribution >= 0.6 is 11.3 Å². The minimum atomic E-state index is -0.141. The van der Waals surface area contributed by atoms with Crippen LogP contribution in [0.15, 0.2) is 121 Å². The van der Waals surface area contributed by atoms with Crippen molar-refractivity contribution in [2.75, 3.05) is 31.1 Å². The second-order valence-electron chi connectivity index (χ2n) is 11.6. The summed E-state index contributed by atoms with van der Waals surface area (Å²) in [4.78, 5) is 23.7. The molecule has 1 fully saturated rings. The first-order chi connectivity index (χ1) is 22.2. The molecule has 3 aromatic heterocycles. The summed E-state index contributed by atoms with van der Waals surface area (Å²) in [7, 11) is 0. The van der Waals surface area contributed by atoms with Crippen LogP contribution in [0.5, 0.6) is 0 Å². The van der Waals surface area contributed by atoms with Crippen molar-refractivity contribution < 1.29 is 4.79 Å². The second-order valence-corrected chi connectivity index (χ2v) is 12.7. The van der Waals surface area contributed by atoms with E-state index in [9.17, 15) is 4.79 Å². The number of rotatable bonds is 7. The number of benzene rings is 4. The van der Waals surface area contributed by atoms with Gasteiger partial charge in [-0.15, -0.1) is 11.3 Å². The van der Waals surface area contributed by atoms with Gasteiger partial charge in [-0.2, -0.15) is 0 Å². The van der Waals surface area contributed by atoms with Crippen LogP contribution in [0.1, 0.15) is 21.6 Å². The minimum Gasteiger partial charge on any atom is -0.369 e. The summed E-state index contributed by atoms with van der Waals surface area (Å²) in [5.74, 6) is -0.141. The molecule has 4 aromatic carbocycles. The van der Waals surface area contributed by atoms with Crippen LogP contribution < -0.4 is 10.2 Å². The zero-order valence-electron chi connectivity index (χ0n) is 24.9. The molecule has 6 nitrogen and oxygen atoms in total. The van der Waals surface area contributed by atoms with E-state index >= 15 is 0 Å². The molecule has 1 aliphatic rings. The summed E-state index contributed by atoms with van der Waals surface area (Å²) in [6, 6.07) is 40.0. The molecule has 222 valence electrons. The number of amides is 1. The summed E-state index contributed by atoms with van der Waals surface area (Å²) >= 11 is 1.79. The molecule has 1 saturated heterocycles. The van der Waals surface area contributed by atoms with Gasteiger partial charge in [0.25, 0.3) is 5.91 Å².